The first-order valence-corrected chi connectivity index (χ1v) is 9.11. The second kappa shape index (κ2) is 8.85. The van der Waals surface area contributed by atoms with Crippen molar-refractivity contribution in [2.45, 2.75) is 39.7 Å². The van der Waals surface area contributed by atoms with Gasteiger partial charge in [-0.05, 0) is 55.5 Å². The average molecular weight is 330 g/mol. The number of rotatable bonds is 8. The fraction of sp³-hybridized carbons (Fsp3) is 0.421. The smallest absolute Gasteiger partial charge is 0.227 e. The van der Waals surface area contributed by atoms with Gasteiger partial charge in [0, 0.05) is 19.0 Å². The van der Waals surface area contributed by atoms with Crippen LogP contribution < -0.4 is 10.2 Å². The van der Waals surface area contributed by atoms with Crippen LogP contribution in [0.15, 0.2) is 41.8 Å². The Bertz CT molecular complexity index is 610. The number of anilines is 1. The van der Waals surface area contributed by atoms with Crippen molar-refractivity contribution in [1.82, 2.24) is 5.32 Å². The highest BCUT2D eigenvalue weighted by Gasteiger charge is 2.17. The van der Waals surface area contributed by atoms with Crippen LogP contribution in [0.25, 0.3) is 0 Å². The number of carbonyl (C=O) groups excluding carboxylic acids is 1. The van der Waals surface area contributed by atoms with Crippen molar-refractivity contribution >= 4 is 22.2 Å². The van der Waals surface area contributed by atoms with Gasteiger partial charge < -0.3 is 10.2 Å². The van der Waals surface area contributed by atoms with Crippen LogP contribution in [0.5, 0.6) is 0 Å². The zero-order chi connectivity index (χ0) is 16.7. The van der Waals surface area contributed by atoms with Gasteiger partial charge in [0.2, 0.25) is 5.91 Å². The lowest BCUT2D eigenvalue weighted by Crippen LogP contribution is -2.42. The summed E-state index contributed by atoms with van der Waals surface area (Å²) < 4.78 is 0. The lowest BCUT2D eigenvalue weighted by atomic mass is 10.1. The minimum atomic E-state index is 0.181. The van der Waals surface area contributed by atoms with Crippen LogP contribution in [0, 0.1) is 6.92 Å². The van der Waals surface area contributed by atoms with Gasteiger partial charge in [-0.1, -0.05) is 31.2 Å². The molecule has 0 bridgehead atoms. The molecule has 2 rings (SSSR count). The Morgan fingerprint density at radius 2 is 2.04 bits per heavy atom. The predicted octanol–water partition coefficient (Wildman–Crippen LogP) is 4.02. The summed E-state index contributed by atoms with van der Waals surface area (Å²) in [5.74, 6) is 0.181. The number of benzene rings is 1. The molecule has 0 spiro atoms. The highest BCUT2D eigenvalue weighted by Crippen LogP contribution is 2.22. The van der Waals surface area contributed by atoms with Gasteiger partial charge in [-0.15, -0.1) is 11.3 Å². The molecular weight excluding hydrogens is 304 g/mol. The predicted molar refractivity (Wildman–Crippen MR) is 99.3 cm³/mol. The molecule has 124 valence electrons. The van der Waals surface area contributed by atoms with Gasteiger partial charge in [0.25, 0.3) is 0 Å². The molecule has 2 aromatic rings. The van der Waals surface area contributed by atoms with E-state index in [1.807, 2.05) is 29.3 Å². The second-order valence-electron chi connectivity index (χ2n) is 5.84. The van der Waals surface area contributed by atoms with Crippen molar-refractivity contribution < 1.29 is 4.79 Å². The first kappa shape index (κ1) is 17.7. The van der Waals surface area contributed by atoms with Crippen molar-refractivity contribution in [3.8, 4) is 0 Å². The van der Waals surface area contributed by atoms with E-state index in [4.69, 9.17) is 0 Å². The Morgan fingerprint density at radius 3 is 2.70 bits per heavy atom. The van der Waals surface area contributed by atoms with E-state index < -0.39 is 0 Å². The van der Waals surface area contributed by atoms with E-state index >= 15 is 0 Å². The van der Waals surface area contributed by atoms with Crippen molar-refractivity contribution in [1.29, 1.82) is 0 Å². The Kier molecular flexibility index (Phi) is 6.81. The molecule has 3 nitrogen and oxygen atoms in total. The second-order valence-corrected chi connectivity index (χ2v) is 6.77. The third kappa shape index (κ3) is 5.19. The summed E-state index contributed by atoms with van der Waals surface area (Å²) in [6.45, 7) is 7.84. The molecule has 1 aromatic heterocycles. The van der Waals surface area contributed by atoms with E-state index in [1.54, 1.807) is 11.3 Å². The van der Waals surface area contributed by atoms with E-state index in [0.29, 0.717) is 13.0 Å². The first-order chi connectivity index (χ1) is 11.1. The molecule has 1 aromatic carbocycles. The van der Waals surface area contributed by atoms with Crippen LogP contribution in [-0.4, -0.2) is 25.0 Å². The lowest BCUT2D eigenvalue weighted by Gasteiger charge is -2.25. The monoisotopic (exact) mass is 330 g/mol. The standard InChI is InChI=1S/C19H26N2OS/c1-4-18(22)21(19-10-7-13-23-19)14-16(3)20-12-11-17-9-6-5-8-15(17)2/h5-10,13,16,20H,4,11-12,14H2,1-3H3. The Hall–Kier alpha value is -1.65. The Morgan fingerprint density at radius 1 is 1.26 bits per heavy atom. The molecule has 23 heavy (non-hydrogen) atoms. The van der Waals surface area contributed by atoms with Gasteiger partial charge in [0.15, 0.2) is 0 Å². The minimum Gasteiger partial charge on any atom is -0.312 e. The summed E-state index contributed by atoms with van der Waals surface area (Å²) in [6, 6.07) is 12.8. The first-order valence-electron chi connectivity index (χ1n) is 8.23. The molecular formula is C19H26N2OS. The average Bonchev–Trinajstić information content (AvgIpc) is 3.08. The normalized spacial score (nSPS) is 12.1. The maximum atomic E-state index is 12.2. The van der Waals surface area contributed by atoms with Crippen LogP contribution in [0.2, 0.25) is 0 Å². The highest BCUT2D eigenvalue weighted by atomic mass is 32.1. The fourth-order valence-corrected chi connectivity index (χ4v) is 3.37. The summed E-state index contributed by atoms with van der Waals surface area (Å²) in [5, 5.41) is 6.59. The number of aryl methyl sites for hydroxylation is 1. The Labute approximate surface area is 143 Å². The largest absolute Gasteiger partial charge is 0.312 e. The number of nitrogens with zero attached hydrogens (tertiary/aromatic N) is 1. The molecule has 1 atom stereocenters. The summed E-state index contributed by atoms with van der Waals surface area (Å²) in [4.78, 5) is 14.1. The summed E-state index contributed by atoms with van der Waals surface area (Å²) in [6.07, 6.45) is 1.55. The minimum absolute atomic E-state index is 0.181. The number of hydrogen-bond acceptors (Lipinski definition) is 3. The van der Waals surface area contributed by atoms with Crippen LogP contribution in [0.4, 0.5) is 5.00 Å². The molecule has 1 unspecified atom stereocenters. The fourth-order valence-electron chi connectivity index (χ4n) is 2.61. The maximum Gasteiger partial charge on any atom is 0.227 e. The zero-order valence-corrected chi connectivity index (χ0v) is 15.0. The molecule has 0 saturated carbocycles. The van der Waals surface area contributed by atoms with Gasteiger partial charge >= 0.3 is 0 Å². The lowest BCUT2D eigenvalue weighted by molar-refractivity contribution is -0.118. The van der Waals surface area contributed by atoms with Crippen molar-refractivity contribution in [3.05, 3.63) is 52.9 Å². The van der Waals surface area contributed by atoms with Crippen molar-refractivity contribution in [3.63, 3.8) is 0 Å². The Balaban J connectivity index is 1.86. The van der Waals surface area contributed by atoms with Crippen molar-refractivity contribution in [2.24, 2.45) is 0 Å². The third-order valence-corrected chi connectivity index (χ3v) is 4.87. The summed E-state index contributed by atoms with van der Waals surface area (Å²) in [7, 11) is 0. The number of hydrogen-bond donors (Lipinski definition) is 1. The zero-order valence-electron chi connectivity index (χ0n) is 14.2. The molecule has 1 N–H and O–H groups in total. The third-order valence-electron chi connectivity index (χ3n) is 3.98. The van der Waals surface area contributed by atoms with Gasteiger partial charge in [-0.3, -0.25) is 4.79 Å². The summed E-state index contributed by atoms with van der Waals surface area (Å²) in [5.41, 5.74) is 2.72. The quantitative estimate of drug-likeness (QED) is 0.793. The highest BCUT2D eigenvalue weighted by molar-refractivity contribution is 7.14. The number of carbonyl (C=O) groups is 1. The summed E-state index contributed by atoms with van der Waals surface area (Å²) >= 11 is 1.62. The van der Waals surface area contributed by atoms with Gasteiger partial charge in [0.1, 0.15) is 0 Å². The van der Waals surface area contributed by atoms with Gasteiger partial charge in [0.05, 0.1) is 5.00 Å². The van der Waals surface area contributed by atoms with E-state index in [-0.39, 0.29) is 11.9 Å². The molecule has 4 heteroatoms. The SMILES string of the molecule is CCC(=O)N(CC(C)NCCc1ccccc1C)c1cccs1. The molecule has 0 aliphatic heterocycles. The van der Waals surface area contributed by atoms with Crippen LogP contribution >= 0.6 is 11.3 Å². The van der Waals surface area contributed by atoms with Gasteiger partial charge in [-0.2, -0.15) is 0 Å². The van der Waals surface area contributed by atoms with Gasteiger partial charge in [-0.25, -0.2) is 0 Å². The molecule has 0 fully saturated rings. The maximum absolute atomic E-state index is 12.2. The number of nitrogens with one attached hydrogen (secondary N) is 1. The molecule has 0 aliphatic carbocycles. The number of amides is 1. The van der Waals surface area contributed by atoms with E-state index in [9.17, 15) is 4.79 Å². The van der Waals surface area contributed by atoms with E-state index in [2.05, 4.69) is 43.4 Å². The van der Waals surface area contributed by atoms with Crippen molar-refractivity contribution in [2.75, 3.05) is 18.0 Å². The molecule has 1 amide bonds. The molecule has 0 radical (unpaired) electrons. The topological polar surface area (TPSA) is 32.3 Å². The van der Waals surface area contributed by atoms with Crippen LogP contribution in [0.1, 0.15) is 31.4 Å². The van der Waals surface area contributed by atoms with E-state index in [1.165, 1.54) is 11.1 Å². The van der Waals surface area contributed by atoms with Crippen LogP contribution in [-0.2, 0) is 11.2 Å². The number of thiophene rings is 1. The molecule has 0 saturated heterocycles. The van der Waals surface area contributed by atoms with E-state index in [0.717, 1.165) is 18.0 Å². The molecule has 0 aliphatic rings. The van der Waals surface area contributed by atoms with Crippen LogP contribution in [0.3, 0.4) is 0 Å². The molecule has 1 heterocycles.